The number of hydrogen-bond acceptors (Lipinski definition) is 2. The minimum atomic E-state index is 0.310. The summed E-state index contributed by atoms with van der Waals surface area (Å²) in [6, 6.07) is 6.39. The lowest BCUT2D eigenvalue weighted by Crippen LogP contribution is -2.37. The first kappa shape index (κ1) is 12.9. The molecule has 94 valence electrons. The zero-order valence-electron chi connectivity index (χ0n) is 10.5. The van der Waals surface area contributed by atoms with E-state index in [0.717, 1.165) is 29.7 Å². The van der Waals surface area contributed by atoms with Crippen LogP contribution in [0.3, 0.4) is 0 Å². The van der Waals surface area contributed by atoms with E-state index in [2.05, 4.69) is 53.3 Å². The molecule has 0 radical (unpaired) electrons. The first-order valence-electron chi connectivity index (χ1n) is 6.33. The van der Waals surface area contributed by atoms with Crippen LogP contribution in [0.25, 0.3) is 0 Å². The molecule has 0 aromatic heterocycles. The van der Waals surface area contributed by atoms with Crippen molar-refractivity contribution in [3.05, 3.63) is 28.2 Å². The van der Waals surface area contributed by atoms with E-state index < -0.39 is 0 Å². The van der Waals surface area contributed by atoms with Gasteiger partial charge in [0.2, 0.25) is 0 Å². The number of nitrogens with one attached hydrogen (secondary N) is 1. The number of hydrogen-bond donors (Lipinski definition) is 1. The Kier molecular flexibility index (Phi) is 4.46. The highest BCUT2D eigenvalue weighted by molar-refractivity contribution is 9.10. The fourth-order valence-electron chi connectivity index (χ4n) is 2.07. The number of ether oxygens (including phenoxy) is 1. The molecule has 1 aromatic carbocycles. The first-order valence-corrected chi connectivity index (χ1v) is 7.13. The predicted octanol–water partition coefficient (Wildman–Crippen LogP) is 3.70. The Bertz CT molecular complexity index is 372. The number of piperidine rings is 1. The zero-order chi connectivity index (χ0) is 12.3. The second kappa shape index (κ2) is 5.87. The van der Waals surface area contributed by atoms with Crippen LogP contribution in [0.2, 0.25) is 0 Å². The van der Waals surface area contributed by atoms with Crippen LogP contribution >= 0.6 is 15.9 Å². The third-order valence-electron chi connectivity index (χ3n) is 3.17. The summed E-state index contributed by atoms with van der Waals surface area (Å²) in [5, 5.41) is 3.36. The van der Waals surface area contributed by atoms with E-state index in [0.29, 0.717) is 12.0 Å². The van der Waals surface area contributed by atoms with Gasteiger partial charge in [-0.3, -0.25) is 0 Å². The van der Waals surface area contributed by atoms with Crippen molar-refractivity contribution in [2.75, 3.05) is 13.1 Å². The molecule has 1 aliphatic heterocycles. The van der Waals surface area contributed by atoms with Crippen molar-refractivity contribution in [2.45, 2.75) is 38.7 Å². The Morgan fingerprint density at radius 3 is 2.82 bits per heavy atom. The number of benzene rings is 1. The topological polar surface area (TPSA) is 21.3 Å². The quantitative estimate of drug-likeness (QED) is 0.918. The first-order chi connectivity index (χ1) is 8.16. The SMILES string of the molecule is CC(C)c1ccc(O[C@H]2CCCNC2)c(Br)c1. The van der Waals surface area contributed by atoms with Gasteiger partial charge in [-0.15, -0.1) is 0 Å². The molecule has 0 spiro atoms. The standard InChI is InChI=1S/C14H20BrNO/c1-10(2)11-5-6-14(13(15)8-11)17-12-4-3-7-16-9-12/h5-6,8,10,12,16H,3-4,7,9H2,1-2H3/t12-/m0/s1. The number of rotatable bonds is 3. The molecule has 2 rings (SSSR count). The largest absolute Gasteiger partial charge is 0.488 e. The molecule has 0 amide bonds. The molecule has 1 N–H and O–H groups in total. The molecule has 17 heavy (non-hydrogen) atoms. The van der Waals surface area contributed by atoms with Crippen molar-refractivity contribution in [1.82, 2.24) is 5.32 Å². The molecule has 3 heteroatoms. The molecule has 0 unspecified atom stereocenters. The summed E-state index contributed by atoms with van der Waals surface area (Å²) in [6.45, 7) is 6.48. The van der Waals surface area contributed by atoms with Crippen LogP contribution in [0.4, 0.5) is 0 Å². The molecule has 0 bridgehead atoms. The Morgan fingerprint density at radius 1 is 1.41 bits per heavy atom. The lowest BCUT2D eigenvalue weighted by molar-refractivity contribution is 0.166. The Balaban J connectivity index is 2.05. The third-order valence-corrected chi connectivity index (χ3v) is 3.79. The van der Waals surface area contributed by atoms with E-state index >= 15 is 0 Å². The van der Waals surface area contributed by atoms with Gasteiger partial charge in [0, 0.05) is 6.54 Å². The average molecular weight is 298 g/mol. The van der Waals surface area contributed by atoms with E-state index in [4.69, 9.17) is 4.74 Å². The minimum absolute atomic E-state index is 0.310. The fourth-order valence-corrected chi connectivity index (χ4v) is 2.56. The summed E-state index contributed by atoms with van der Waals surface area (Å²) in [5.41, 5.74) is 1.34. The molecule has 1 fully saturated rings. The zero-order valence-corrected chi connectivity index (χ0v) is 12.1. The molecule has 0 aliphatic carbocycles. The lowest BCUT2D eigenvalue weighted by Gasteiger charge is -2.24. The van der Waals surface area contributed by atoms with Gasteiger partial charge in [0.1, 0.15) is 11.9 Å². The summed E-state index contributed by atoms with van der Waals surface area (Å²) < 4.78 is 7.08. The second-order valence-electron chi connectivity index (χ2n) is 4.93. The van der Waals surface area contributed by atoms with Gasteiger partial charge in [-0.2, -0.15) is 0 Å². The monoisotopic (exact) mass is 297 g/mol. The van der Waals surface area contributed by atoms with Crippen LogP contribution in [0.15, 0.2) is 22.7 Å². The molecule has 0 saturated carbocycles. The van der Waals surface area contributed by atoms with E-state index in [1.165, 1.54) is 12.0 Å². The van der Waals surface area contributed by atoms with Crippen molar-refractivity contribution in [2.24, 2.45) is 0 Å². The van der Waals surface area contributed by atoms with Crippen LogP contribution in [-0.4, -0.2) is 19.2 Å². The second-order valence-corrected chi connectivity index (χ2v) is 5.79. The summed E-state index contributed by atoms with van der Waals surface area (Å²) in [4.78, 5) is 0. The van der Waals surface area contributed by atoms with E-state index in [9.17, 15) is 0 Å². The summed E-state index contributed by atoms with van der Waals surface area (Å²) in [6.07, 6.45) is 2.66. The van der Waals surface area contributed by atoms with Crippen molar-refractivity contribution in [3.63, 3.8) is 0 Å². The summed E-state index contributed by atoms with van der Waals surface area (Å²) in [5.74, 6) is 1.51. The minimum Gasteiger partial charge on any atom is -0.488 e. The van der Waals surface area contributed by atoms with Gasteiger partial charge in [0.05, 0.1) is 4.47 Å². The van der Waals surface area contributed by atoms with E-state index in [1.54, 1.807) is 0 Å². The van der Waals surface area contributed by atoms with Crippen LogP contribution in [0, 0.1) is 0 Å². The highest BCUT2D eigenvalue weighted by atomic mass is 79.9. The molecule has 2 nitrogen and oxygen atoms in total. The van der Waals surface area contributed by atoms with Gasteiger partial charge in [-0.1, -0.05) is 19.9 Å². The smallest absolute Gasteiger partial charge is 0.133 e. The highest BCUT2D eigenvalue weighted by Gasteiger charge is 2.15. The van der Waals surface area contributed by atoms with Crippen molar-refractivity contribution >= 4 is 15.9 Å². The van der Waals surface area contributed by atoms with Crippen molar-refractivity contribution in [3.8, 4) is 5.75 Å². The summed E-state index contributed by atoms with van der Waals surface area (Å²) >= 11 is 3.60. The highest BCUT2D eigenvalue weighted by Crippen LogP contribution is 2.30. The van der Waals surface area contributed by atoms with Gasteiger partial charge in [-0.05, 0) is 58.9 Å². The Hall–Kier alpha value is -0.540. The Morgan fingerprint density at radius 2 is 2.24 bits per heavy atom. The van der Waals surface area contributed by atoms with Crippen molar-refractivity contribution < 1.29 is 4.74 Å². The molecule has 1 aromatic rings. The maximum absolute atomic E-state index is 6.01. The van der Waals surface area contributed by atoms with Gasteiger partial charge in [0.15, 0.2) is 0 Å². The molecular formula is C14H20BrNO. The van der Waals surface area contributed by atoms with Gasteiger partial charge < -0.3 is 10.1 Å². The average Bonchev–Trinajstić information content (AvgIpc) is 2.33. The third kappa shape index (κ3) is 3.46. The molecule has 1 saturated heterocycles. The molecule has 1 heterocycles. The fraction of sp³-hybridized carbons (Fsp3) is 0.571. The molecule has 1 aliphatic rings. The van der Waals surface area contributed by atoms with Gasteiger partial charge in [0.25, 0.3) is 0 Å². The number of halogens is 1. The summed E-state index contributed by atoms with van der Waals surface area (Å²) in [7, 11) is 0. The van der Waals surface area contributed by atoms with Crippen LogP contribution in [-0.2, 0) is 0 Å². The predicted molar refractivity (Wildman–Crippen MR) is 74.8 cm³/mol. The van der Waals surface area contributed by atoms with Crippen LogP contribution < -0.4 is 10.1 Å². The maximum atomic E-state index is 6.01. The van der Waals surface area contributed by atoms with Gasteiger partial charge >= 0.3 is 0 Å². The van der Waals surface area contributed by atoms with E-state index in [-0.39, 0.29) is 0 Å². The van der Waals surface area contributed by atoms with Crippen LogP contribution in [0.1, 0.15) is 38.2 Å². The van der Waals surface area contributed by atoms with Crippen molar-refractivity contribution in [1.29, 1.82) is 0 Å². The van der Waals surface area contributed by atoms with E-state index in [1.807, 2.05) is 0 Å². The van der Waals surface area contributed by atoms with Gasteiger partial charge in [-0.25, -0.2) is 0 Å². The maximum Gasteiger partial charge on any atom is 0.133 e. The lowest BCUT2D eigenvalue weighted by atomic mass is 10.0. The van der Waals surface area contributed by atoms with Crippen LogP contribution in [0.5, 0.6) is 5.75 Å². The molecular weight excluding hydrogens is 278 g/mol. The molecule has 1 atom stereocenters. The normalized spacial score (nSPS) is 20.6. The Labute approximate surface area is 112 Å².